The van der Waals surface area contributed by atoms with Crippen molar-refractivity contribution in [2.24, 2.45) is 5.92 Å². The van der Waals surface area contributed by atoms with Crippen molar-refractivity contribution in [1.82, 2.24) is 0 Å². The maximum absolute atomic E-state index is 14.0. The van der Waals surface area contributed by atoms with E-state index in [9.17, 15) is 4.39 Å². The van der Waals surface area contributed by atoms with E-state index in [1.54, 1.807) is 6.07 Å². The van der Waals surface area contributed by atoms with Gasteiger partial charge >= 0.3 is 0 Å². The third-order valence-electron chi connectivity index (χ3n) is 4.77. The van der Waals surface area contributed by atoms with E-state index in [4.69, 9.17) is 0 Å². The first-order valence-corrected chi connectivity index (χ1v) is 9.00. The third kappa shape index (κ3) is 3.31. The fraction of sp³-hybridized carbons (Fsp3) is 0.474. The Balaban J connectivity index is 1.93. The summed E-state index contributed by atoms with van der Waals surface area (Å²) in [5.41, 5.74) is 1.25. The van der Waals surface area contributed by atoms with Crippen LogP contribution in [0.3, 0.4) is 0 Å². The lowest BCUT2D eigenvalue weighted by molar-refractivity contribution is 0.375. The molecule has 1 aliphatic carbocycles. The summed E-state index contributed by atoms with van der Waals surface area (Å²) in [5, 5.41) is 1.80. The van der Waals surface area contributed by atoms with Gasteiger partial charge in [0.2, 0.25) is 0 Å². The van der Waals surface area contributed by atoms with Crippen LogP contribution >= 0.6 is 15.9 Å². The molecule has 21 heavy (non-hydrogen) atoms. The van der Waals surface area contributed by atoms with E-state index in [1.807, 2.05) is 30.3 Å². The number of hydrogen-bond acceptors (Lipinski definition) is 0. The Morgan fingerprint density at radius 2 is 1.48 bits per heavy atom. The second-order valence-electron chi connectivity index (χ2n) is 6.19. The Kier molecular flexibility index (Phi) is 4.95. The van der Waals surface area contributed by atoms with Gasteiger partial charge in [0.25, 0.3) is 0 Å². The number of halogens is 2. The van der Waals surface area contributed by atoms with Crippen LogP contribution in [-0.2, 0) is 0 Å². The molecule has 0 heterocycles. The van der Waals surface area contributed by atoms with Crippen LogP contribution in [0.2, 0.25) is 0 Å². The van der Waals surface area contributed by atoms with Gasteiger partial charge in [-0.15, -0.1) is 0 Å². The lowest BCUT2D eigenvalue weighted by Crippen LogP contribution is -2.10. The van der Waals surface area contributed by atoms with Crippen LogP contribution in [0.25, 0.3) is 10.8 Å². The Morgan fingerprint density at radius 1 is 0.857 bits per heavy atom. The van der Waals surface area contributed by atoms with Crippen LogP contribution < -0.4 is 0 Å². The minimum absolute atomic E-state index is 0.119. The van der Waals surface area contributed by atoms with Crippen molar-refractivity contribution in [3.63, 3.8) is 0 Å². The highest BCUT2D eigenvalue weighted by Crippen LogP contribution is 2.41. The van der Waals surface area contributed by atoms with E-state index in [0.29, 0.717) is 10.7 Å². The maximum Gasteiger partial charge on any atom is 0.131 e. The van der Waals surface area contributed by atoms with Gasteiger partial charge in [0, 0.05) is 10.2 Å². The molecular formula is C19H22BrF. The quantitative estimate of drug-likeness (QED) is 0.525. The van der Waals surface area contributed by atoms with Crippen molar-refractivity contribution in [2.45, 2.75) is 49.8 Å². The van der Waals surface area contributed by atoms with Crippen LogP contribution in [0, 0.1) is 11.7 Å². The molecule has 1 unspecified atom stereocenters. The van der Waals surface area contributed by atoms with Crippen molar-refractivity contribution in [2.75, 3.05) is 0 Å². The van der Waals surface area contributed by atoms with Crippen LogP contribution in [0.1, 0.15) is 55.3 Å². The molecule has 112 valence electrons. The number of benzene rings is 2. The fourth-order valence-corrected chi connectivity index (χ4v) is 4.49. The van der Waals surface area contributed by atoms with E-state index in [2.05, 4.69) is 15.9 Å². The standard InChI is InChI=1S/C19H22BrF/c20-19(14-8-4-2-1-3-5-9-14)17-12-13-18(21)16-11-7-6-10-15(16)17/h6-7,10-14,19H,1-5,8-9H2. The first-order chi connectivity index (χ1) is 10.3. The summed E-state index contributed by atoms with van der Waals surface area (Å²) >= 11 is 3.93. The van der Waals surface area contributed by atoms with Crippen LogP contribution in [0.15, 0.2) is 36.4 Å². The van der Waals surface area contributed by atoms with Crippen molar-refractivity contribution >= 4 is 26.7 Å². The molecule has 3 rings (SSSR count). The predicted octanol–water partition coefficient (Wildman–Crippen LogP) is 6.78. The largest absolute Gasteiger partial charge is 0.206 e. The normalized spacial score (nSPS) is 19.1. The molecule has 1 fully saturated rings. The summed E-state index contributed by atoms with van der Waals surface area (Å²) in [6, 6.07) is 11.4. The summed E-state index contributed by atoms with van der Waals surface area (Å²) in [6.07, 6.45) is 9.32. The van der Waals surface area contributed by atoms with Crippen LogP contribution in [0.4, 0.5) is 4.39 Å². The Morgan fingerprint density at radius 3 is 2.19 bits per heavy atom. The molecule has 2 aromatic carbocycles. The molecule has 0 spiro atoms. The molecule has 1 aliphatic rings. The summed E-state index contributed by atoms with van der Waals surface area (Å²) < 4.78 is 14.0. The average Bonchev–Trinajstić information content (AvgIpc) is 2.47. The van der Waals surface area contributed by atoms with Gasteiger partial charge in [-0.25, -0.2) is 4.39 Å². The minimum Gasteiger partial charge on any atom is -0.206 e. The van der Waals surface area contributed by atoms with Crippen molar-refractivity contribution in [3.8, 4) is 0 Å². The molecular weight excluding hydrogens is 327 g/mol. The zero-order valence-corrected chi connectivity index (χ0v) is 13.9. The maximum atomic E-state index is 14.0. The van der Waals surface area contributed by atoms with Crippen LogP contribution in [0.5, 0.6) is 0 Å². The monoisotopic (exact) mass is 348 g/mol. The molecule has 1 atom stereocenters. The molecule has 0 aromatic heterocycles. The van der Waals surface area contributed by atoms with Crippen molar-refractivity contribution in [1.29, 1.82) is 0 Å². The van der Waals surface area contributed by atoms with Gasteiger partial charge in [-0.3, -0.25) is 0 Å². The smallest absolute Gasteiger partial charge is 0.131 e. The average molecular weight is 349 g/mol. The van der Waals surface area contributed by atoms with Gasteiger partial charge in [0.05, 0.1) is 0 Å². The van der Waals surface area contributed by atoms with E-state index >= 15 is 0 Å². The molecule has 0 nitrogen and oxygen atoms in total. The van der Waals surface area contributed by atoms with Gasteiger partial charge in [0.1, 0.15) is 5.82 Å². The SMILES string of the molecule is Fc1ccc(C(Br)C2CCCCCCC2)c2ccccc12. The van der Waals surface area contributed by atoms with Gasteiger partial charge in [-0.05, 0) is 35.8 Å². The zero-order chi connectivity index (χ0) is 14.7. The molecule has 0 amide bonds. The van der Waals surface area contributed by atoms with Crippen molar-refractivity contribution < 1.29 is 4.39 Å². The number of rotatable bonds is 2. The highest BCUT2D eigenvalue weighted by molar-refractivity contribution is 9.09. The fourth-order valence-electron chi connectivity index (χ4n) is 3.56. The first-order valence-electron chi connectivity index (χ1n) is 8.08. The summed E-state index contributed by atoms with van der Waals surface area (Å²) in [4.78, 5) is 0.334. The summed E-state index contributed by atoms with van der Waals surface area (Å²) in [6.45, 7) is 0. The highest BCUT2D eigenvalue weighted by atomic mass is 79.9. The summed E-state index contributed by atoms with van der Waals surface area (Å²) in [5.74, 6) is 0.547. The lowest BCUT2D eigenvalue weighted by Gasteiger charge is -2.26. The van der Waals surface area contributed by atoms with Crippen molar-refractivity contribution in [3.05, 3.63) is 47.8 Å². The first kappa shape index (κ1) is 15.0. The predicted molar refractivity (Wildman–Crippen MR) is 91.4 cm³/mol. The van der Waals surface area contributed by atoms with Gasteiger partial charge < -0.3 is 0 Å². The Hall–Kier alpha value is -0.890. The van der Waals surface area contributed by atoms with E-state index in [0.717, 1.165) is 10.8 Å². The molecule has 0 aliphatic heterocycles. The van der Waals surface area contributed by atoms with Crippen LogP contribution in [-0.4, -0.2) is 0 Å². The molecule has 0 bridgehead atoms. The second kappa shape index (κ2) is 6.91. The summed E-state index contributed by atoms with van der Waals surface area (Å²) in [7, 11) is 0. The molecule has 0 saturated heterocycles. The Labute approximate surface area is 134 Å². The zero-order valence-electron chi connectivity index (χ0n) is 12.3. The molecule has 0 N–H and O–H groups in total. The number of hydrogen-bond donors (Lipinski definition) is 0. The highest BCUT2D eigenvalue weighted by Gasteiger charge is 2.23. The third-order valence-corrected chi connectivity index (χ3v) is 6.01. The topological polar surface area (TPSA) is 0 Å². The lowest BCUT2D eigenvalue weighted by atomic mass is 9.85. The molecule has 1 saturated carbocycles. The van der Waals surface area contributed by atoms with Gasteiger partial charge in [-0.1, -0.05) is 78.4 Å². The molecule has 0 radical (unpaired) electrons. The number of alkyl halides is 1. The van der Waals surface area contributed by atoms with E-state index < -0.39 is 0 Å². The van der Waals surface area contributed by atoms with E-state index in [1.165, 1.54) is 50.5 Å². The molecule has 2 aromatic rings. The minimum atomic E-state index is -0.119. The van der Waals surface area contributed by atoms with E-state index in [-0.39, 0.29) is 5.82 Å². The van der Waals surface area contributed by atoms with Gasteiger partial charge in [0.15, 0.2) is 0 Å². The second-order valence-corrected chi connectivity index (χ2v) is 7.18. The van der Waals surface area contributed by atoms with Gasteiger partial charge in [-0.2, -0.15) is 0 Å². The Bertz CT molecular complexity index is 600. The number of fused-ring (bicyclic) bond motifs is 1. The molecule has 2 heteroatoms.